The molecule has 2 atom stereocenters. The van der Waals surface area contributed by atoms with Crippen molar-refractivity contribution >= 4 is 5.69 Å². The van der Waals surface area contributed by atoms with Crippen molar-refractivity contribution in [3.05, 3.63) is 29.8 Å². The van der Waals surface area contributed by atoms with E-state index < -0.39 is 0 Å². The summed E-state index contributed by atoms with van der Waals surface area (Å²) in [6, 6.07) is 8.77. The first-order valence-corrected chi connectivity index (χ1v) is 5.42. The summed E-state index contributed by atoms with van der Waals surface area (Å²) < 4.78 is 0. The number of fused-ring (bicyclic) bond motifs is 3. The minimum absolute atomic E-state index is 0.559. The van der Waals surface area contributed by atoms with Crippen LogP contribution in [0, 0.1) is 5.92 Å². The second kappa shape index (κ2) is 2.99. The van der Waals surface area contributed by atoms with Crippen LogP contribution in [0.4, 0.5) is 5.69 Å². The van der Waals surface area contributed by atoms with E-state index in [0.29, 0.717) is 6.17 Å². The molecule has 0 saturated carbocycles. The average molecular weight is 188 g/mol. The van der Waals surface area contributed by atoms with Crippen LogP contribution in [-0.2, 0) is 6.42 Å². The van der Waals surface area contributed by atoms with Gasteiger partial charge in [0.15, 0.2) is 0 Å². The highest BCUT2D eigenvalue weighted by molar-refractivity contribution is 5.59. The van der Waals surface area contributed by atoms with Gasteiger partial charge in [-0.05, 0) is 17.5 Å². The van der Waals surface area contributed by atoms with Crippen LogP contribution < -0.4 is 10.2 Å². The van der Waals surface area contributed by atoms with Crippen molar-refractivity contribution < 1.29 is 0 Å². The highest BCUT2D eigenvalue weighted by Gasteiger charge is 2.32. The standard InChI is InChI=1S/C12H16N2/c1-9-7-13-12-6-10-4-2-3-5-11(10)14(12)8-9/h2-5,9,12-13H,6-8H2,1H3. The molecule has 14 heavy (non-hydrogen) atoms. The third-order valence-corrected chi connectivity index (χ3v) is 3.30. The Morgan fingerprint density at radius 1 is 1.36 bits per heavy atom. The fraction of sp³-hybridized carbons (Fsp3) is 0.500. The highest BCUT2D eigenvalue weighted by atomic mass is 15.3. The molecule has 1 N–H and O–H groups in total. The predicted molar refractivity (Wildman–Crippen MR) is 58.4 cm³/mol. The van der Waals surface area contributed by atoms with Gasteiger partial charge in [0.05, 0.1) is 6.17 Å². The summed E-state index contributed by atoms with van der Waals surface area (Å²) in [7, 11) is 0. The molecule has 0 aliphatic carbocycles. The topological polar surface area (TPSA) is 15.3 Å². The first-order chi connectivity index (χ1) is 6.84. The molecule has 1 aromatic carbocycles. The predicted octanol–water partition coefficient (Wildman–Crippen LogP) is 1.61. The Bertz CT molecular complexity index is 348. The van der Waals surface area contributed by atoms with E-state index in [-0.39, 0.29) is 0 Å². The van der Waals surface area contributed by atoms with E-state index in [0.717, 1.165) is 12.5 Å². The molecule has 0 amide bonds. The summed E-state index contributed by atoms with van der Waals surface area (Å²) >= 11 is 0. The fourth-order valence-electron chi connectivity index (χ4n) is 2.60. The van der Waals surface area contributed by atoms with Gasteiger partial charge in [0.1, 0.15) is 0 Å². The molecule has 2 heterocycles. The Hall–Kier alpha value is -1.02. The summed E-state index contributed by atoms with van der Waals surface area (Å²) in [5.41, 5.74) is 2.94. The summed E-state index contributed by atoms with van der Waals surface area (Å²) in [4.78, 5) is 2.52. The lowest BCUT2D eigenvalue weighted by atomic mass is 10.1. The van der Waals surface area contributed by atoms with E-state index in [4.69, 9.17) is 0 Å². The van der Waals surface area contributed by atoms with Crippen molar-refractivity contribution in [2.45, 2.75) is 19.5 Å². The third-order valence-electron chi connectivity index (χ3n) is 3.30. The second-order valence-corrected chi connectivity index (χ2v) is 4.51. The van der Waals surface area contributed by atoms with Crippen LogP contribution in [0.5, 0.6) is 0 Å². The lowest BCUT2D eigenvalue weighted by Crippen LogP contribution is -2.53. The molecular weight excluding hydrogens is 172 g/mol. The minimum Gasteiger partial charge on any atom is -0.355 e. The van der Waals surface area contributed by atoms with Crippen LogP contribution in [0.25, 0.3) is 0 Å². The molecule has 1 fully saturated rings. The van der Waals surface area contributed by atoms with Crippen LogP contribution in [0.2, 0.25) is 0 Å². The van der Waals surface area contributed by atoms with Gasteiger partial charge < -0.3 is 4.90 Å². The van der Waals surface area contributed by atoms with Crippen molar-refractivity contribution in [3.8, 4) is 0 Å². The molecule has 0 radical (unpaired) electrons. The summed E-state index contributed by atoms with van der Waals surface area (Å²) in [5.74, 6) is 0.761. The first-order valence-electron chi connectivity index (χ1n) is 5.42. The van der Waals surface area contributed by atoms with Crippen LogP contribution in [0.1, 0.15) is 12.5 Å². The zero-order valence-electron chi connectivity index (χ0n) is 8.53. The van der Waals surface area contributed by atoms with E-state index in [1.165, 1.54) is 24.2 Å². The SMILES string of the molecule is CC1CNC2Cc3ccccc3N2C1. The quantitative estimate of drug-likeness (QED) is 0.665. The number of hydrogen-bond acceptors (Lipinski definition) is 2. The van der Waals surface area contributed by atoms with Crippen LogP contribution in [-0.4, -0.2) is 19.3 Å². The van der Waals surface area contributed by atoms with Gasteiger partial charge in [-0.25, -0.2) is 0 Å². The van der Waals surface area contributed by atoms with Gasteiger partial charge in [0.2, 0.25) is 0 Å². The first kappa shape index (κ1) is 8.30. The Labute approximate surface area is 84.9 Å². The number of benzene rings is 1. The molecule has 0 spiro atoms. The molecule has 2 unspecified atom stereocenters. The fourth-order valence-corrected chi connectivity index (χ4v) is 2.60. The average Bonchev–Trinajstić information content (AvgIpc) is 2.56. The van der Waals surface area contributed by atoms with Gasteiger partial charge in [-0.3, -0.25) is 5.32 Å². The molecule has 2 nitrogen and oxygen atoms in total. The van der Waals surface area contributed by atoms with Crippen molar-refractivity contribution in [2.24, 2.45) is 5.92 Å². The van der Waals surface area contributed by atoms with E-state index in [2.05, 4.69) is 41.4 Å². The van der Waals surface area contributed by atoms with Crippen molar-refractivity contribution in [1.82, 2.24) is 5.32 Å². The van der Waals surface area contributed by atoms with Gasteiger partial charge in [-0.2, -0.15) is 0 Å². The Kier molecular flexibility index (Phi) is 1.77. The van der Waals surface area contributed by atoms with Gasteiger partial charge in [-0.1, -0.05) is 25.1 Å². The number of anilines is 1. The van der Waals surface area contributed by atoms with Crippen LogP contribution in [0.15, 0.2) is 24.3 Å². The molecule has 2 aliphatic rings. The number of rotatable bonds is 0. The second-order valence-electron chi connectivity index (χ2n) is 4.51. The van der Waals surface area contributed by atoms with Gasteiger partial charge in [0, 0.05) is 25.2 Å². The van der Waals surface area contributed by atoms with Crippen LogP contribution >= 0.6 is 0 Å². The van der Waals surface area contributed by atoms with Crippen molar-refractivity contribution in [3.63, 3.8) is 0 Å². The monoisotopic (exact) mass is 188 g/mol. The summed E-state index contributed by atoms with van der Waals surface area (Å²) in [6.45, 7) is 4.67. The normalized spacial score (nSPS) is 29.9. The summed E-state index contributed by atoms with van der Waals surface area (Å²) in [6.07, 6.45) is 1.73. The van der Waals surface area contributed by atoms with Gasteiger partial charge in [-0.15, -0.1) is 0 Å². The molecule has 1 saturated heterocycles. The maximum absolute atomic E-state index is 3.60. The lowest BCUT2D eigenvalue weighted by molar-refractivity contribution is 0.370. The number of nitrogens with one attached hydrogen (secondary N) is 1. The largest absolute Gasteiger partial charge is 0.355 e. The number of nitrogens with zero attached hydrogens (tertiary/aromatic N) is 1. The molecule has 74 valence electrons. The van der Waals surface area contributed by atoms with E-state index in [1.54, 1.807) is 0 Å². The minimum atomic E-state index is 0.559. The number of para-hydroxylation sites is 1. The molecule has 2 aliphatic heterocycles. The molecule has 3 rings (SSSR count). The highest BCUT2D eigenvalue weighted by Crippen LogP contribution is 2.32. The molecule has 0 bridgehead atoms. The molecule has 2 heteroatoms. The zero-order chi connectivity index (χ0) is 9.54. The number of hydrogen-bond donors (Lipinski definition) is 1. The van der Waals surface area contributed by atoms with E-state index >= 15 is 0 Å². The maximum Gasteiger partial charge on any atom is 0.0837 e. The Balaban J connectivity index is 1.97. The van der Waals surface area contributed by atoms with Gasteiger partial charge >= 0.3 is 0 Å². The Morgan fingerprint density at radius 3 is 3.14 bits per heavy atom. The Morgan fingerprint density at radius 2 is 2.21 bits per heavy atom. The zero-order valence-corrected chi connectivity index (χ0v) is 8.53. The molecule has 0 aromatic heterocycles. The van der Waals surface area contributed by atoms with E-state index in [1.807, 2.05) is 0 Å². The smallest absolute Gasteiger partial charge is 0.0837 e. The molecular formula is C12H16N2. The van der Waals surface area contributed by atoms with Crippen LogP contribution in [0.3, 0.4) is 0 Å². The van der Waals surface area contributed by atoms with Crippen molar-refractivity contribution in [2.75, 3.05) is 18.0 Å². The lowest BCUT2D eigenvalue weighted by Gasteiger charge is -2.36. The van der Waals surface area contributed by atoms with E-state index in [9.17, 15) is 0 Å². The van der Waals surface area contributed by atoms with Crippen molar-refractivity contribution in [1.29, 1.82) is 0 Å². The third kappa shape index (κ3) is 1.14. The maximum atomic E-state index is 3.60. The summed E-state index contributed by atoms with van der Waals surface area (Å²) in [5, 5.41) is 3.60. The molecule has 1 aromatic rings. The van der Waals surface area contributed by atoms with Gasteiger partial charge in [0.25, 0.3) is 0 Å².